The van der Waals surface area contributed by atoms with Crippen LogP contribution in [0, 0.1) is 0 Å². The molecule has 0 aromatic carbocycles. The van der Waals surface area contributed by atoms with Gasteiger partial charge in [0.1, 0.15) is 0 Å². The van der Waals surface area contributed by atoms with E-state index >= 15 is 0 Å². The molecule has 2 N–H and O–H groups in total. The first-order valence-corrected chi connectivity index (χ1v) is 5.51. The van der Waals surface area contributed by atoms with E-state index in [-0.39, 0.29) is 6.61 Å². The molecule has 0 amide bonds. The predicted octanol–water partition coefficient (Wildman–Crippen LogP) is -0.753. The number of nitrogens with zero attached hydrogens (tertiary/aromatic N) is 2. The molecule has 1 aromatic rings. The van der Waals surface area contributed by atoms with Crippen LogP contribution in [-0.2, 0) is 16.6 Å². The maximum Gasteiger partial charge on any atom is 0.229 e. The van der Waals surface area contributed by atoms with E-state index in [9.17, 15) is 8.42 Å². The Morgan fingerprint density at radius 1 is 1.69 bits per heavy atom. The Hall–Kier alpha value is -1.08. The van der Waals surface area contributed by atoms with Crippen molar-refractivity contribution in [3.05, 3.63) is 12.4 Å². The van der Waals surface area contributed by atoms with Crippen LogP contribution in [0.3, 0.4) is 0 Å². The summed E-state index contributed by atoms with van der Waals surface area (Å²) in [6.07, 6.45) is 3.96. The maximum absolute atomic E-state index is 10.8. The monoisotopic (exact) mass is 205 g/mol. The van der Waals surface area contributed by atoms with E-state index in [2.05, 4.69) is 9.82 Å². The summed E-state index contributed by atoms with van der Waals surface area (Å²) in [6.45, 7) is 0.325. The minimum atomic E-state index is -3.24. The van der Waals surface area contributed by atoms with Gasteiger partial charge in [0.15, 0.2) is 0 Å². The van der Waals surface area contributed by atoms with Crippen LogP contribution in [0.4, 0.5) is 5.69 Å². The number of hydrogen-bond donors (Lipinski definition) is 2. The van der Waals surface area contributed by atoms with E-state index in [0.717, 1.165) is 6.26 Å². The Morgan fingerprint density at radius 3 is 2.92 bits per heavy atom. The molecule has 0 fully saturated rings. The van der Waals surface area contributed by atoms with E-state index < -0.39 is 10.0 Å². The average Bonchev–Trinajstić information content (AvgIpc) is 2.33. The lowest BCUT2D eigenvalue weighted by Crippen LogP contribution is -2.08. The highest BCUT2D eigenvalue weighted by molar-refractivity contribution is 7.92. The lowest BCUT2D eigenvalue weighted by atomic mass is 10.6. The van der Waals surface area contributed by atoms with Gasteiger partial charge in [-0.25, -0.2) is 8.42 Å². The Bertz CT molecular complexity index is 370. The highest BCUT2D eigenvalue weighted by Crippen LogP contribution is 2.05. The van der Waals surface area contributed by atoms with Crippen LogP contribution in [-0.4, -0.2) is 36.2 Å². The molecule has 1 rings (SSSR count). The molecule has 0 spiro atoms. The first kappa shape index (κ1) is 10.0. The molecule has 0 aliphatic heterocycles. The van der Waals surface area contributed by atoms with E-state index in [0.29, 0.717) is 12.2 Å². The second-order valence-corrected chi connectivity index (χ2v) is 4.34. The number of sulfonamides is 1. The van der Waals surface area contributed by atoms with Gasteiger partial charge in [-0.15, -0.1) is 0 Å². The number of rotatable bonds is 4. The Kier molecular flexibility index (Phi) is 2.89. The van der Waals surface area contributed by atoms with Crippen LogP contribution in [0.1, 0.15) is 0 Å². The van der Waals surface area contributed by atoms with E-state index in [4.69, 9.17) is 5.11 Å². The Balaban J connectivity index is 2.69. The second kappa shape index (κ2) is 3.75. The summed E-state index contributed by atoms with van der Waals surface area (Å²) in [5.41, 5.74) is 0.399. The van der Waals surface area contributed by atoms with Crippen molar-refractivity contribution < 1.29 is 13.5 Å². The summed E-state index contributed by atoms with van der Waals surface area (Å²) in [4.78, 5) is 0. The molecule has 0 unspecified atom stereocenters. The molecule has 1 aromatic heterocycles. The number of aromatic nitrogens is 2. The van der Waals surface area contributed by atoms with Crippen molar-refractivity contribution in [2.24, 2.45) is 0 Å². The van der Waals surface area contributed by atoms with Gasteiger partial charge in [-0.05, 0) is 0 Å². The number of nitrogens with one attached hydrogen (secondary N) is 1. The first-order chi connectivity index (χ1) is 6.01. The van der Waals surface area contributed by atoms with Crippen molar-refractivity contribution in [3.8, 4) is 0 Å². The lowest BCUT2D eigenvalue weighted by molar-refractivity contribution is 0.269. The van der Waals surface area contributed by atoms with Gasteiger partial charge >= 0.3 is 0 Å². The largest absolute Gasteiger partial charge is 0.394 e. The van der Waals surface area contributed by atoms with Gasteiger partial charge in [0.2, 0.25) is 10.0 Å². The average molecular weight is 205 g/mol. The number of anilines is 1. The van der Waals surface area contributed by atoms with Gasteiger partial charge in [-0.2, -0.15) is 5.10 Å². The van der Waals surface area contributed by atoms with Gasteiger partial charge < -0.3 is 5.11 Å². The molecule has 0 saturated heterocycles. The first-order valence-electron chi connectivity index (χ1n) is 3.62. The number of aliphatic hydroxyl groups excluding tert-OH is 1. The summed E-state index contributed by atoms with van der Waals surface area (Å²) in [5, 5.41) is 12.4. The summed E-state index contributed by atoms with van der Waals surface area (Å²) in [7, 11) is -3.24. The SMILES string of the molecule is CS(=O)(=O)Nc1cnn(CCO)c1. The quantitative estimate of drug-likeness (QED) is 0.677. The van der Waals surface area contributed by atoms with Crippen molar-refractivity contribution in [3.63, 3.8) is 0 Å². The zero-order valence-corrected chi connectivity index (χ0v) is 7.95. The molecule has 0 aliphatic rings. The van der Waals surface area contributed by atoms with Gasteiger partial charge in [0.05, 0.1) is 31.3 Å². The molecular formula is C6H11N3O3S. The van der Waals surface area contributed by atoms with Crippen LogP contribution in [0.2, 0.25) is 0 Å². The third kappa shape index (κ3) is 3.43. The fourth-order valence-corrected chi connectivity index (χ4v) is 1.39. The Morgan fingerprint density at radius 2 is 2.38 bits per heavy atom. The van der Waals surface area contributed by atoms with Gasteiger partial charge in [-0.1, -0.05) is 0 Å². The van der Waals surface area contributed by atoms with Crippen molar-refractivity contribution in [1.82, 2.24) is 9.78 Å². The third-order valence-corrected chi connectivity index (χ3v) is 1.87. The second-order valence-electron chi connectivity index (χ2n) is 2.59. The summed E-state index contributed by atoms with van der Waals surface area (Å²) in [6, 6.07) is 0. The van der Waals surface area contributed by atoms with E-state index in [1.165, 1.54) is 17.1 Å². The minimum absolute atomic E-state index is 0.0278. The number of hydrogen-bond acceptors (Lipinski definition) is 4. The molecule has 13 heavy (non-hydrogen) atoms. The van der Waals surface area contributed by atoms with Crippen molar-refractivity contribution in [2.45, 2.75) is 6.54 Å². The minimum Gasteiger partial charge on any atom is -0.394 e. The molecule has 0 aliphatic carbocycles. The fraction of sp³-hybridized carbons (Fsp3) is 0.500. The van der Waals surface area contributed by atoms with Crippen LogP contribution in [0.5, 0.6) is 0 Å². The molecule has 0 atom stereocenters. The van der Waals surface area contributed by atoms with Crippen molar-refractivity contribution >= 4 is 15.7 Å². The van der Waals surface area contributed by atoms with Crippen LogP contribution >= 0.6 is 0 Å². The molecule has 1 heterocycles. The third-order valence-electron chi connectivity index (χ3n) is 1.27. The van der Waals surface area contributed by atoms with E-state index in [1.807, 2.05) is 0 Å². The fourth-order valence-electron chi connectivity index (χ4n) is 0.855. The molecule has 7 heteroatoms. The Labute approximate surface area is 76.2 Å². The predicted molar refractivity (Wildman–Crippen MR) is 47.8 cm³/mol. The van der Waals surface area contributed by atoms with Crippen molar-refractivity contribution in [1.29, 1.82) is 0 Å². The zero-order valence-electron chi connectivity index (χ0n) is 7.14. The van der Waals surface area contributed by atoms with Crippen LogP contribution in [0.15, 0.2) is 12.4 Å². The summed E-state index contributed by atoms with van der Waals surface area (Å²) >= 11 is 0. The molecule has 0 radical (unpaired) electrons. The molecule has 0 bridgehead atoms. The summed E-state index contributed by atoms with van der Waals surface area (Å²) < 4.78 is 25.3. The standard InChI is InChI=1S/C6H11N3O3S/c1-13(11,12)8-6-4-7-9(5-6)2-3-10/h4-5,8,10H,2-3H2,1H3. The molecule has 6 nitrogen and oxygen atoms in total. The van der Waals surface area contributed by atoms with Gasteiger partial charge in [-0.3, -0.25) is 9.40 Å². The van der Waals surface area contributed by atoms with E-state index in [1.54, 1.807) is 0 Å². The van der Waals surface area contributed by atoms with Crippen LogP contribution in [0.25, 0.3) is 0 Å². The molecule has 0 saturated carbocycles. The zero-order chi connectivity index (χ0) is 9.90. The molecule has 74 valence electrons. The van der Waals surface area contributed by atoms with Crippen LogP contribution < -0.4 is 4.72 Å². The topological polar surface area (TPSA) is 84.2 Å². The normalized spacial score (nSPS) is 11.5. The highest BCUT2D eigenvalue weighted by Gasteiger charge is 2.03. The van der Waals surface area contributed by atoms with Gasteiger partial charge in [0.25, 0.3) is 0 Å². The van der Waals surface area contributed by atoms with Crippen molar-refractivity contribution in [2.75, 3.05) is 17.6 Å². The molecular weight excluding hydrogens is 194 g/mol. The lowest BCUT2D eigenvalue weighted by Gasteiger charge is -1.98. The smallest absolute Gasteiger partial charge is 0.229 e. The summed E-state index contributed by atoms with van der Waals surface area (Å²) in [5.74, 6) is 0. The van der Waals surface area contributed by atoms with Gasteiger partial charge in [0, 0.05) is 6.20 Å². The highest BCUT2D eigenvalue weighted by atomic mass is 32.2. The number of aliphatic hydroxyl groups is 1. The maximum atomic E-state index is 10.8.